The van der Waals surface area contributed by atoms with Gasteiger partial charge in [-0.05, 0) is 18.1 Å². The summed E-state index contributed by atoms with van der Waals surface area (Å²) in [6, 6.07) is 4.06. The minimum absolute atomic E-state index is 0.132. The number of nitrogens with two attached hydrogens (primary N) is 1. The molecule has 0 spiro atoms. The number of aliphatic hydroxyl groups is 1. The van der Waals surface area contributed by atoms with Gasteiger partial charge < -0.3 is 31.6 Å². The molecule has 3 atom stereocenters. The Bertz CT molecular complexity index is 825. The Morgan fingerprint density at radius 2 is 1.81 bits per heavy atom. The minimum atomic E-state index is -1.31. The van der Waals surface area contributed by atoms with E-state index in [1.54, 1.807) is 6.20 Å². The van der Waals surface area contributed by atoms with E-state index < -0.39 is 42.5 Å². The maximum Gasteiger partial charge on any atom is 0.327 e. The standard InChI is InChI=1S/C17H22N4O5S/c18-11(5-9-6-19-12-4-2-1-3-10(9)12)15(23)20-13(7-22)16(24)21-14(8-27)17(25)26/h1-4,6,11,13-14,19,22,27H,5,7-8,18H2,(H,20,23)(H,21,24)(H,25,26)/t11-,13-,14-/m0/s1. The van der Waals surface area contributed by atoms with Gasteiger partial charge >= 0.3 is 5.97 Å². The van der Waals surface area contributed by atoms with E-state index >= 15 is 0 Å². The van der Waals surface area contributed by atoms with E-state index in [0.717, 1.165) is 16.5 Å². The van der Waals surface area contributed by atoms with Crippen molar-refractivity contribution in [3.05, 3.63) is 36.0 Å². The largest absolute Gasteiger partial charge is 0.480 e. The summed E-state index contributed by atoms with van der Waals surface area (Å²) < 4.78 is 0. The van der Waals surface area contributed by atoms with Crippen LogP contribution in [0.25, 0.3) is 10.9 Å². The Labute approximate surface area is 160 Å². The van der Waals surface area contributed by atoms with Crippen molar-refractivity contribution in [3.8, 4) is 0 Å². The molecule has 0 aliphatic carbocycles. The lowest BCUT2D eigenvalue weighted by atomic mass is 10.0. The Hall–Kier alpha value is -2.56. The lowest BCUT2D eigenvalue weighted by Crippen LogP contribution is -2.56. The number of carbonyl (C=O) groups excluding carboxylic acids is 2. The van der Waals surface area contributed by atoms with Crippen LogP contribution >= 0.6 is 12.6 Å². The van der Waals surface area contributed by atoms with Gasteiger partial charge in [0, 0.05) is 22.9 Å². The van der Waals surface area contributed by atoms with Gasteiger partial charge in [-0.15, -0.1) is 0 Å². The summed E-state index contributed by atoms with van der Waals surface area (Å²) in [6.45, 7) is -0.698. The molecule has 0 radical (unpaired) electrons. The number of aliphatic hydroxyl groups excluding tert-OH is 1. The quantitative estimate of drug-likeness (QED) is 0.271. The zero-order chi connectivity index (χ0) is 20.0. The SMILES string of the molecule is N[C@@H](Cc1c[nH]c2ccccc12)C(=O)N[C@@H](CO)C(=O)N[C@@H](CS)C(=O)O. The number of hydrogen-bond acceptors (Lipinski definition) is 6. The van der Waals surface area contributed by atoms with Crippen molar-refractivity contribution in [1.82, 2.24) is 15.6 Å². The molecule has 146 valence electrons. The molecule has 2 amide bonds. The average Bonchev–Trinajstić information content (AvgIpc) is 3.06. The molecule has 1 heterocycles. The molecule has 2 aromatic rings. The van der Waals surface area contributed by atoms with Crippen molar-refractivity contribution >= 4 is 41.3 Å². The number of carboxylic acids is 1. The number of carbonyl (C=O) groups is 3. The fourth-order valence-electron chi connectivity index (χ4n) is 2.56. The summed E-state index contributed by atoms with van der Waals surface area (Å²) in [4.78, 5) is 38.4. The van der Waals surface area contributed by atoms with Crippen LogP contribution in [0.2, 0.25) is 0 Å². The van der Waals surface area contributed by atoms with Crippen LogP contribution in [-0.4, -0.2) is 63.5 Å². The summed E-state index contributed by atoms with van der Waals surface area (Å²) in [5.74, 6) is -2.86. The smallest absolute Gasteiger partial charge is 0.327 e. The number of carboxylic acid groups (broad SMARTS) is 1. The van der Waals surface area contributed by atoms with Gasteiger partial charge in [0.05, 0.1) is 12.6 Å². The third-order valence-corrected chi connectivity index (χ3v) is 4.43. The molecule has 0 aliphatic rings. The number of nitrogens with one attached hydrogen (secondary N) is 3. The van der Waals surface area contributed by atoms with Crippen LogP contribution in [-0.2, 0) is 20.8 Å². The van der Waals surface area contributed by atoms with Gasteiger partial charge in [0.1, 0.15) is 12.1 Å². The van der Waals surface area contributed by atoms with Crippen LogP contribution in [0.1, 0.15) is 5.56 Å². The molecule has 0 bridgehead atoms. The van der Waals surface area contributed by atoms with Gasteiger partial charge in [0.2, 0.25) is 11.8 Å². The van der Waals surface area contributed by atoms with E-state index in [1.165, 1.54) is 0 Å². The first-order valence-electron chi connectivity index (χ1n) is 8.23. The highest BCUT2D eigenvalue weighted by Crippen LogP contribution is 2.18. The first-order valence-corrected chi connectivity index (χ1v) is 8.86. The van der Waals surface area contributed by atoms with Crippen molar-refractivity contribution < 1.29 is 24.6 Å². The summed E-state index contributed by atoms with van der Waals surface area (Å²) >= 11 is 3.84. The Morgan fingerprint density at radius 3 is 2.44 bits per heavy atom. The molecule has 7 N–H and O–H groups in total. The van der Waals surface area contributed by atoms with E-state index in [9.17, 15) is 19.5 Å². The second-order valence-corrected chi connectivity index (χ2v) is 6.36. The van der Waals surface area contributed by atoms with Crippen LogP contribution in [0.4, 0.5) is 0 Å². The summed E-state index contributed by atoms with van der Waals surface area (Å²) in [7, 11) is 0. The van der Waals surface area contributed by atoms with Gasteiger partial charge in [-0.3, -0.25) is 9.59 Å². The van der Waals surface area contributed by atoms with E-state index in [-0.39, 0.29) is 12.2 Å². The van der Waals surface area contributed by atoms with Gasteiger partial charge in [-0.1, -0.05) is 18.2 Å². The third kappa shape index (κ3) is 5.22. The number of rotatable bonds is 9. The molecule has 0 saturated carbocycles. The average molecular weight is 394 g/mol. The monoisotopic (exact) mass is 394 g/mol. The fraction of sp³-hybridized carbons (Fsp3) is 0.353. The Kier molecular flexibility index (Phi) is 7.22. The molecular formula is C17H22N4O5S. The Balaban J connectivity index is 1.98. The number of thiol groups is 1. The van der Waals surface area contributed by atoms with Crippen molar-refractivity contribution in [2.24, 2.45) is 5.73 Å². The van der Waals surface area contributed by atoms with Gasteiger partial charge in [-0.2, -0.15) is 12.6 Å². The van der Waals surface area contributed by atoms with Crippen molar-refractivity contribution in [2.45, 2.75) is 24.5 Å². The zero-order valence-corrected chi connectivity index (χ0v) is 15.3. The molecule has 0 fully saturated rings. The second kappa shape index (κ2) is 9.40. The maximum absolute atomic E-state index is 12.3. The summed E-state index contributed by atoms with van der Waals surface area (Å²) in [5.41, 5.74) is 7.70. The number of benzene rings is 1. The molecule has 9 nitrogen and oxygen atoms in total. The highest BCUT2D eigenvalue weighted by Gasteiger charge is 2.27. The van der Waals surface area contributed by atoms with E-state index in [1.807, 2.05) is 24.3 Å². The van der Waals surface area contributed by atoms with Crippen LogP contribution < -0.4 is 16.4 Å². The first-order chi connectivity index (χ1) is 12.9. The zero-order valence-electron chi connectivity index (χ0n) is 14.4. The number of aliphatic carboxylic acids is 1. The molecule has 1 aromatic carbocycles. The molecule has 10 heteroatoms. The van der Waals surface area contributed by atoms with Crippen LogP contribution in [0.15, 0.2) is 30.5 Å². The highest BCUT2D eigenvalue weighted by atomic mass is 32.1. The number of aromatic amines is 1. The predicted molar refractivity (Wildman–Crippen MR) is 102 cm³/mol. The third-order valence-electron chi connectivity index (χ3n) is 4.06. The van der Waals surface area contributed by atoms with E-state index in [0.29, 0.717) is 0 Å². The fourth-order valence-corrected chi connectivity index (χ4v) is 2.81. The van der Waals surface area contributed by atoms with Crippen LogP contribution in [0.3, 0.4) is 0 Å². The molecule has 0 saturated heterocycles. The lowest BCUT2D eigenvalue weighted by Gasteiger charge is -2.20. The Morgan fingerprint density at radius 1 is 1.15 bits per heavy atom. The van der Waals surface area contributed by atoms with Gasteiger partial charge in [0.15, 0.2) is 0 Å². The summed E-state index contributed by atoms with van der Waals surface area (Å²) in [5, 5.41) is 23.8. The number of aromatic nitrogens is 1. The molecule has 0 aliphatic heterocycles. The number of para-hydroxylation sites is 1. The molecule has 27 heavy (non-hydrogen) atoms. The highest BCUT2D eigenvalue weighted by molar-refractivity contribution is 7.80. The van der Waals surface area contributed by atoms with E-state index in [2.05, 4.69) is 28.2 Å². The van der Waals surface area contributed by atoms with Crippen LogP contribution in [0, 0.1) is 0 Å². The van der Waals surface area contributed by atoms with Crippen molar-refractivity contribution in [1.29, 1.82) is 0 Å². The topological polar surface area (TPSA) is 158 Å². The number of hydrogen-bond donors (Lipinski definition) is 7. The van der Waals surface area contributed by atoms with E-state index in [4.69, 9.17) is 10.8 Å². The van der Waals surface area contributed by atoms with Crippen molar-refractivity contribution in [3.63, 3.8) is 0 Å². The summed E-state index contributed by atoms with van der Waals surface area (Å²) in [6.07, 6.45) is 1.99. The van der Waals surface area contributed by atoms with Gasteiger partial charge in [-0.25, -0.2) is 4.79 Å². The minimum Gasteiger partial charge on any atom is -0.480 e. The predicted octanol–water partition coefficient (Wildman–Crippen LogP) is -0.986. The lowest BCUT2D eigenvalue weighted by molar-refractivity contribution is -0.141. The normalized spacial score (nSPS) is 14.3. The first kappa shape index (κ1) is 20.7. The van der Waals surface area contributed by atoms with Gasteiger partial charge in [0.25, 0.3) is 0 Å². The molecule has 2 rings (SSSR count). The number of H-pyrrole nitrogens is 1. The number of amides is 2. The second-order valence-electron chi connectivity index (χ2n) is 6.00. The number of fused-ring (bicyclic) bond motifs is 1. The van der Waals surface area contributed by atoms with Crippen LogP contribution in [0.5, 0.6) is 0 Å². The van der Waals surface area contributed by atoms with Crippen molar-refractivity contribution in [2.75, 3.05) is 12.4 Å². The molecule has 0 unspecified atom stereocenters. The maximum atomic E-state index is 12.3. The molecular weight excluding hydrogens is 372 g/mol. The molecule has 1 aromatic heterocycles.